The maximum atomic E-state index is 13.7. The van der Waals surface area contributed by atoms with Gasteiger partial charge in [-0.15, -0.1) is 10.2 Å². The van der Waals surface area contributed by atoms with E-state index in [2.05, 4.69) is 30.8 Å². The molecule has 0 saturated heterocycles. The predicted octanol–water partition coefficient (Wildman–Crippen LogP) is 0.930. The number of pyridine rings is 1. The maximum Gasteiger partial charge on any atom is 0.192 e. The van der Waals surface area contributed by atoms with Crippen molar-refractivity contribution in [2.24, 2.45) is 12.0 Å². The Morgan fingerprint density at radius 3 is 2.88 bits per heavy atom. The number of hydrogen-bond acceptors (Lipinski definition) is 5. The van der Waals surface area contributed by atoms with Gasteiger partial charge < -0.3 is 19.9 Å². The van der Waals surface area contributed by atoms with Gasteiger partial charge in [-0.25, -0.2) is 9.38 Å². The fraction of sp³-hybridized carbons (Fsp3) is 0.500. The highest BCUT2D eigenvalue weighted by atomic mass is 19.1. The molecule has 2 aromatic heterocycles. The Morgan fingerprint density at radius 2 is 2.20 bits per heavy atom. The molecule has 0 radical (unpaired) electrons. The van der Waals surface area contributed by atoms with Crippen molar-refractivity contribution < 1.29 is 9.13 Å². The van der Waals surface area contributed by atoms with Gasteiger partial charge in [-0.3, -0.25) is 4.98 Å². The van der Waals surface area contributed by atoms with Crippen LogP contribution in [0.15, 0.2) is 23.3 Å². The Morgan fingerprint density at radius 1 is 1.36 bits per heavy atom. The van der Waals surface area contributed by atoms with Crippen molar-refractivity contribution in [2.75, 3.05) is 20.3 Å². The molecule has 0 bridgehead atoms. The number of hydrogen-bond donors (Lipinski definition) is 2. The van der Waals surface area contributed by atoms with E-state index in [4.69, 9.17) is 4.74 Å². The number of ether oxygens (including phenoxy) is 1. The smallest absolute Gasteiger partial charge is 0.192 e. The van der Waals surface area contributed by atoms with Crippen molar-refractivity contribution >= 4 is 5.96 Å². The van der Waals surface area contributed by atoms with E-state index in [9.17, 15) is 4.39 Å². The number of methoxy groups -OCH3 is 1. The van der Waals surface area contributed by atoms with Gasteiger partial charge in [-0.2, -0.15) is 0 Å². The highest BCUT2D eigenvalue weighted by Crippen LogP contribution is 2.04. The lowest BCUT2D eigenvalue weighted by Crippen LogP contribution is -2.38. The lowest BCUT2D eigenvalue weighted by atomic mass is 10.3. The molecule has 0 aliphatic heterocycles. The summed E-state index contributed by atoms with van der Waals surface area (Å²) in [7, 11) is 3.56. The van der Waals surface area contributed by atoms with Crippen LogP contribution < -0.4 is 10.6 Å². The van der Waals surface area contributed by atoms with Gasteiger partial charge in [-0.05, 0) is 25.5 Å². The van der Waals surface area contributed by atoms with E-state index < -0.39 is 0 Å². The zero-order valence-corrected chi connectivity index (χ0v) is 14.8. The van der Waals surface area contributed by atoms with Crippen LogP contribution in [0, 0.1) is 12.7 Å². The van der Waals surface area contributed by atoms with E-state index in [-0.39, 0.29) is 12.4 Å². The fourth-order valence-electron chi connectivity index (χ4n) is 2.05. The third-order valence-electron chi connectivity index (χ3n) is 3.64. The molecule has 0 saturated carbocycles. The third-order valence-corrected chi connectivity index (χ3v) is 3.64. The number of nitrogens with zero attached hydrogens (tertiary/aromatic N) is 5. The van der Waals surface area contributed by atoms with Crippen LogP contribution in [0.5, 0.6) is 0 Å². The molecular weight excluding hydrogens is 325 g/mol. The highest BCUT2D eigenvalue weighted by molar-refractivity contribution is 5.79. The Labute approximate surface area is 146 Å². The van der Waals surface area contributed by atoms with E-state index in [1.165, 1.54) is 6.07 Å². The van der Waals surface area contributed by atoms with Crippen molar-refractivity contribution in [1.29, 1.82) is 0 Å². The minimum Gasteiger partial charge on any atom is -0.385 e. The summed E-state index contributed by atoms with van der Waals surface area (Å²) in [5.74, 6) is 1.81. The average molecular weight is 349 g/mol. The molecule has 2 rings (SSSR count). The van der Waals surface area contributed by atoms with Crippen LogP contribution in [0.2, 0.25) is 0 Å². The number of halogens is 1. The van der Waals surface area contributed by atoms with Gasteiger partial charge in [0.15, 0.2) is 11.8 Å². The molecule has 136 valence electrons. The molecular formula is C16H24FN7O. The second-order valence-corrected chi connectivity index (χ2v) is 5.45. The molecule has 2 heterocycles. The number of nitrogens with one attached hydrogen (secondary N) is 2. The molecule has 0 fully saturated rings. The Balaban J connectivity index is 1.99. The molecule has 0 amide bonds. The van der Waals surface area contributed by atoms with Crippen molar-refractivity contribution in [3.63, 3.8) is 0 Å². The predicted molar refractivity (Wildman–Crippen MR) is 92.4 cm³/mol. The van der Waals surface area contributed by atoms with Crippen LogP contribution >= 0.6 is 0 Å². The van der Waals surface area contributed by atoms with E-state index in [1.54, 1.807) is 19.4 Å². The Hall–Kier alpha value is -2.55. The van der Waals surface area contributed by atoms with Crippen LogP contribution in [-0.2, 0) is 24.9 Å². The SMILES string of the molecule is COCCCNC(=NCc1ncccc1F)NCc1nnc(C)n1C. The van der Waals surface area contributed by atoms with E-state index in [0.29, 0.717) is 31.3 Å². The molecule has 25 heavy (non-hydrogen) atoms. The van der Waals surface area contributed by atoms with Crippen LogP contribution in [0.4, 0.5) is 4.39 Å². The van der Waals surface area contributed by atoms with Gasteiger partial charge in [-0.1, -0.05) is 0 Å². The summed E-state index contributed by atoms with van der Waals surface area (Å²) < 4.78 is 20.6. The first-order chi connectivity index (χ1) is 12.1. The van der Waals surface area contributed by atoms with E-state index >= 15 is 0 Å². The summed E-state index contributed by atoms with van der Waals surface area (Å²) in [6.07, 6.45) is 2.38. The number of guanidine groups is 1. The maximum absolute atomic E-state index is 13.7. The van der Waals surface area contributed by atoms with Gasteiger partial charge in [0.1, 0.15) is 11.6 Å². The molecule has 2 N–H and O–H groups in total. The molecule has 0 aromatic carbocycles. The van der Waals surface area contributed by atoms with E-state index in [0.717, 1.165) is 18.1 Å². The minimum atomic E-state index is -0.367. The summed E-state index contributed by atoms with van der Waals surface area (Å²) in [6.45, 7) is 3.82. The molecule has 0 atom stereocenters. The summed E-state index contributed by atoms with van der Waals surface area (Å²) in [6, 6.07) is 2.93. The summed E-state index contributed by atoms with van der Waals surface area (Å²) >= 11 is 0. The van der Waals surface area contributed by atoms with Crippen molar-refractivity contribution in [2.45, 2.75) is 26.4 Å². The van der Waals surface area contributed by atoms with Gasteiger partial charge in [0.25, 0.3) is 0 Å². The van der Waals surface area contributed by atoms with E-state index in [1.807, 2.05) is 18.5 Å². The quantitative estimate of drug-likeness (QED) is 0.419. The van der Waals surface area contributed by atoms with Crippen molar-refractivity contribution in [1.82, 2.24) is 30.4 Å². The van der Waals surface area contributed by atoms with Crippen molar-refractivity contribution in [3.8, 4) is 0 Å². The highest BCUT2D eigenvalue weighted by Gasteiger charge is 2.07. The molecule has 8 nitrogen and oxygen atoms in total. The van der Waals surface area contributed by atoms with Crippen LogP contribution in [0.25, 0.3) is 0 Å². The molecule has 0 unspecified atom stereocenters. The number of aromatic nitrogens is 4. The van der Waals surface area contributed by atoms with Crippen LogP contribution in [0.3, 0.4) is 0 Å². The molecule has 9 heteroatoms. The summed E-state index contributed by atoms with van der Waals surface area (Å²) in [5.41, 5.74) is 0.301. The van der Waals surface area contributed by atoms with Gasteiger partial charge in [0, 0.05) is 33.5 Å². The molecule has 0 aliphatic rings. The summed E-state index contributed by atoms with van der Waals surface area (Å²) in [5, 5.41) is 14.5. The van der Waals surface area contributed by atoms with Gasteiger partial charge in [0.05, 0.1) is 18.8 Å². The van der Waals surface area contributed by atoms with Crippen LogP contribution in [-0.4, -0.2) is 46.0 Å². The minimum absolute atomic E-state index is 0.143. The first-order valence-corrected chi connectivity index (χ1v) is 8.07. The number of aryl methyl sites for hydroxylation is 1. The third kappa shape index (κ3) is 5.79. The topological polar surface area (TPSA) is 89.2 Å². The fourth-order valence-corrected chi connectivity index (χ4v) is 2.05. The monoisotopic (exact) mass is 349 g/mol. The Bertz CT molecular complexity index is 702. The van der Waals surface area contributed by atoms with Crippen LogP contribution in [0.1, 0.15) is 23.8 Å². The number of rotatable bonds is 8. The standard InChI is InChI=1S/C16H24FN7O/c1-12-22-23-15(24(12)2)11-21-16(19-8-5-9-25-3)20-10-14-13(17)6-4-7-18-14/h4,6-7H,5,8-11H2,1-3H3,(H2,19,20,21). The second-order valence-electron chi connectivity index (χ2n) is 5.45. The molecule has 0 aliphatic carbocycles. The number of aliphatic imine (C=N–C) groups is 1. The first-order valence-electron chi connectivity index (χ1n) is 8.07. The largest absolute Gasteiger partial charge is 0.385 e. The molecule has 2 aromatic rings. The van der Waals surface area contributed by atoms with Crippen molar-refractivity contribution in [3.05, 3.63) is 41.5 Å². The van der Waals surface area contributed by atoms with Gasteiger partial charge >= 0.3 is 0 Å². The summed E-state index contributed by atoms with van der Waals surface area (Å²) in [4.78, 5) is 8.41. The lowest BCUT2D eigenvalue weighted by molar-refractivity contribution is 0.195. The zero-order valence-electron chi connectivity index (χ0n) is 14.8. The average Bonchev–Trinajstić information content (AvgIpc) is 2.93. The second kappa shape index (κ2) is 9.67. The lowest BCUT2D eigenvalue weighted by Gasteiger charge is -2.12. The Kier molecular flexibility index (Phi) is 7.27. The first kappa shape index (κ1) is 18.8. The zero-order chi connectivity index (χ0) is 18.1. The van der Waals surface area contributed by atoms with Gasteiger partial charge in [0.2, 0.25) is 0 Å². The normalized spacial score (nSPS) is 11.6. The molecule has 0 spiro atoms.